The first kappa shape index (κ1) is 11.1. The van der Waals surface area contributed by atoms with E-state index in [0.29, 0.717) is 15.1 Å². The van der Waals surface area contributed by atoms with Gasteiger partial charge in [-0.05, 0) is 0 Å². The Kier molecular flexibility index (Phi) is 3.11. The van der Waals surface area contributed by atoms with Crippen LogP contribution >= 0.6 is 34.8 Å². The van der Waals surface area contributed by atoms with E-state index in [1.165, 1.54) is 6.20 Å². The van der Waals surface area contributed by atoms with Gasteiger partial charge in [-0.3, -0.25) is 4.98 Å². The van der Waals surface area contributed by atoms with E-state index >= 15 is 0 Å². The molecule has 0 atom stereocenters. The van der Waals surface area contributed by atoms with Crippen molar-refractivity contribution in [3.05, 3.63) is 27.0 Å². The Hall–Kier alpha value is 0.0200. The maximum atomic E-state index is 6.00. The minimum absolute atomic E-state index is 0.120. The van der Waals surface area contributed by atoms with Crippen LogP contribution in [0.1, 0.15) is 26.5 Å². The fourth-order valence-corrected chi connectivity index (χ4v) is 1.73. The van der Waals surface area contributed by atoms with Gasteiger partial charge in [0.15, 0.2) is 0 Å². The first-order chi connectivity index (χ1) is 5.84. The lowest BCUT2D eigenvalue weighted by molar-refractivity contribution is 0.569. The van der Waals surface area contributed by atoms with Crippen molar-refractivity contribution in [2.24, 2.45) is 0 Å². The first-order valence-corrected chi connectivity index (χ1v) is 4.97. The predicted molar refractivity (Wildman–Crippen MR) is 58.0 cm³/mol. The SMILES string of the molecule is CC(C)(C)c1ncc(Cl)c(Cl)c1Cl. The summed E-state index contributed by atoms with van der Waals surface area (Å²) in [6.45, 7) is 6.06. The molecule has 0 aliphatic rings. The third kappa shape index (κ3) is 2.28. The number of nitrogens with zero attached hydrogens (tertiary/aromatic N) is 1. The molecular formula is C9H10Cl3N. The van der Waals surface area contributed by atoms with Gasteiger partial charge in [0.25, 0.3) is 0 Å². The molecule has 1 aromatic heterocycles. The molecular weight excluding hydrogens is 228 g/mol. The number of rotatable bonds is 0. The van der Waals surface area contributed by atoms with Gasteiger partial charge in [-0.1, -0.05) is 55.6 Å². The van der Waals surface area contributed by atoms with Crippen LogP contribution in [0.25, 0.3) is 0 Å². The fraction of sp³-hybridized carbons (Fsp3) is 0.444. The Balaban J connectivity index is 3.35. The maximum Gasteiger partial charge on any atom is 0.0828 e. The zero-order valence-corrected chi connectivity index (χ0v) is 9.93. The van der Waals surface area contributed by atoms with Crippen LogP contribution in [0.3, 0.4) is 0 Å². The van der Waals surface area contributed by atoms with Crippen molar-refractivity contribution in [1.82, 2.24) is 4.98 Å². The Morgan fingerprint density at radius 2 is 1.62 bits per heavy atom. The van der Waals surface area contributed by atoms with Crippen molar-refractivity contribution in [2.45, 2.75) is 26.2 Å². The molecule has 0 aromatic carbocycles. The lowest BCUT2D eigenvalue weighted by Gasteiger charge is -2.19. The van der Waals surface area contributed by atoms with E-state index in [1.807, 2.05) is 20.8 Å². The summed E-state index contributed by atoms with van der Waals surface area (Å²) in [5, 5.41) is 1.21. The third-order valence-electron chi connectivity index (χ3n) is 1.63. The third-order valence-corrected chi connectivity index (χ3v) is 2.87. The van der Waals surface area contributed by atoms with Gasteiger partial charge in [-0.15, -0.1) is 0 Å². The molecule has 0 unspecified atom stereocenters. The van der Waals surface area contributed by atoms with Crippen molar-refractivity contribution >= 4 is 34.8 Å². The second kappa shape index (κ2) is 3.64. The second-order valence-corrected chi connectivity index (χ2v) is 5.00. The molecule has 0 spiro atoms. The van der Waals surface area contributed by atoms with Gasteiger partial charge in [0, 0.05) is 11.6 Å². The summed E-state index contributed by atoms with van der Waals surface area (Å²) in [6.07, 6.45) is 1.52. The summed E-state index contributed by atoms with van der Waals surface area (Å²) in [4.78, 5) is 4.16. The highest BCUT2D eigenvalue weighted by atomic mass is 35.5. The number of aromatic nitrogens is 1. The zero-order chi connectivity index (χ0) is 10.2. The summed E-state index contributed by atoms with van der Waals surface area (Å²) in [5.41, 5.74) is 0.647. The summed E-state index contributed by atoms with van der Waals surface area (Å²) in [6, 6.07) is 0. The van der Waals surface area contributed by atoms with Gasteiger partial charge in [0.2, 0.25) is 0 Å². The van der Waals surface area contributed by atoms with Crippen molar-refractivity contribution in [2.75, 3.05) is 0 Å². The summed E-state index contributed by atoms with van der Waals surface area (Å²) in [7, 11) is 0. The maximum absolute atomic E-state index is 6.00. The lowest BCUT2D eigenvalue weighted by Crippen LogP contribution is -2.14. The minimum Gasteiger partial charge on any atom is -0.258 e. The molecule has 1 rings (SSSR count). The van der Waals surface area contributed by atoms with Crippen molar-refractivity contribution in [1.29, 1.82) is 0 Å². The summed E-state index contributed by atoms with van der Waals surface area (Å²) >= 11 is 17.6. The molecule has 0 radical (unpaired) electrons. The van der Waals surface area contributed by atoms with Gasteiger partial charge in [-0.2, -0.15) is 0 Å². The average Bonchev–Trinajstić information content (AvgIpc) is 1.98. The highest BCUT2D eigenvalue weighted by Crippen LogP contribution is 2.36. The molecule has 0 fully saturated rings. The largest absolute Gasteiger partial charge is 0.258 e. The standard InChI is InChI=1S/C9H10Cl3N/c1-9(2,3)8-7(12)6(11)5(10)4-13-8/h4H,1-3H3. The van der Waals surface area contributed by atoms with Crippen LogP contribution in [0, 0.1) is 0 Å². The Morgan fingerprint density at radius 1 is 1.08 bits per heavy atom. The molecule has 0 saturated carbocycles. The minimum atomic E-state index is -0.120. The molecule has 0 amide bonds. The molecule has 1 aromatic rings. The van der Waals surface area contributed by atoms with E-state index in [-0.39, 0.29) is 5.41 Å². The molecule has 13 heavy (non-hydrogen) atoms. The Morgan fingerprint density at radius 3 is 2.08 bits per heavy atom. The number of hydrogen-bond acceptors (Lipinski definition) is 1. The van der Waals surface area contributed by atoms with Crippen LogP contribution < -0.4 is 0 Å². The highest BCUT2D eigenvalue weighted by molar-refractivity contribution is 6.48. The topological polar surface area (TPSA) is 12.9 Å². The van der Waals surface area contributed by atoms with Crippen LogP contribution in [-0.4, -0.2) is 4.98 Å². The van der Waals surface area contributed by atoms with Gasteiger partial charge < -0.3 is 0 Å². The Labute approximate surface area is 93.0 Å². The smallest absolute Gasteiger partial charge is 0.0828 e. The van der Waals surface area contributed by atoms with E-state index in [1.54, 1.807) is 0 Å². The molecule has 0 bridgehead atoms. The summed E-state index contributed by atoms with van der Waals surface area (Å²) in [5.74, 6) is 0. The highest BCUT2D eigenvalue weighted by Gasteiger charge is 2.21. The number of hydrogen-bond donors (Lipinski definition) is 0. The molecule has 0 aliphatic heterocycles. The molecule has 0 aliphatic carbocycles. The van der Waals surface area contributed by atoms with Crippen molar-refractivity contribution < 1.29 is 0 Å². The predicted octanol–water partition coefficient (Wildman–Crippen LogP) is 4.34. The average molecular weight is 239 g/mol. The normalized spacial score (nSPS) is 11.8. The van der Waals surface area contributed by atoms with E-state index in [4.69, 9.17) is 34.8 Å². The van der Waals surface area contributed by atoms with Crippen LogP contribution in [0.5, 0.6) is 0 Å². The second-order valence-electron chi connectivity index (χ2n) is 3.83. The molecule has 0 saturated heterocycles. The van der Waals surface area contributed by atoms with E-state index in [2.05, 4.69) is 4.98 Å². The number of pyridine rings is 1. The molecule has 4 heteroatoms. The van der Waals surface area contributed by atoms with E-state index < -0.39 is 0 Å². The number of halogens is 3. The Bertz CT molecular complexity index is 328. The quantitative estimate of drug-likeness (QED) is 0.655. The first-order valence-electron chi connectivity index (χ1n) is 3.84. The van der Waals surface area contributed by atoms with Crippen molar-refractivity contribution in [3.63, 3.8) is 0 Å². The fourth-order valence-electron chi connectivity index (χ4n) is 0.966. The molecule has 0 N–H and O–H groups in total. The van der Waals surface area contributed by atoms with Gasteiger partial charge in [0.1, 0.15) is 0 Å². The molecule has 1 nitrogen and oxygen atoms in total. The van der Waals surface area contributed by atoms with E-state index in [9.17, 15) is 0 Å². The van der Waals surface area contributed by atoms with Crippen molar-refractivity contribution in [3.8, 4) is 0 Å². The monoisotopic (exact) mass is 237 g/mol. The van der Waals surface area contributed by atoms with Gasteiger partial charge in [0.05, 0.1) is 20.8 Å². The van der Waals surface area contributed by atoms with Gasteiger partial charge >= 0.3 is 0 Å². The van der Waals surface area contributed by atoms with Crippen LogP contribution in [0.4, 0.5) is 0 Å². The zero-order valence-electron chi connectivity index (χ0n) is 7.66. The van der Waals surface area contributed by atoms with Crippen LogP contribution in [0.15, 0.2) is 6.20 Å². The van der Waals surface area contributed by atoms with Crippen LogP contribution in [0.2, 0.25) is 15.1 Å². The summed E-state index contributed by atoms with van der Waals surface area (Å²) < 4.78 is 0. The van der Waals surface area contributed by atoms with Crippen LogP contribution in [-0.2, 0) is 5.41 Å². The van der Waals surface area contributed by atoms with E-state index in [0.717, 1.165) is 5.69 Å². The molecule has 1 heterocycles. The van der Waals surface area contributed by atoms with Gasteiger partial charge in [-0.25, -0.2) is 0 Å². The molecule has 72 valence electrons. The lowest BCUT2D eigenvalue weighted by atomic mass is 9.92.